The van der Waals surface area contributed by atoms with E-state index < -0.39 is 17.9 Å². The Morgan fingerprint density at radius 2 is 1.88 bits per heavy atom. The molecule has 122 valence electrons. The van der Waals surface area contributed by atoms with Crippen LogP contribution in [0.4, 0.5) is 0 Å². The highest BCUT2D eigenvalue weighted by Gasteiger charge is 2.23. The quantitative estimate of drug-likeness (QED) is 0.763. The molecule has 1 unspecified atom stereocenters. The average Bonchev–Trinajstić information content (AvgIpc) is 2.96. The second-order valence-corrected chi connectivity index (χ2v) is 5.83. The van der Waals surface area contributed by atoms with Crippen molar-refractivity contribution >= 4 is 29.1 Å². The summed E-state index contributed by atoms with van der Waals surface area (Å²) < 4.78 is 1.72. The minimum absolute atomic E-state index is 0.154. The number of hydrogen-bond donors (Lipinski definition) is 2. The van der Waals surface area contributed by atoms with Crippen LogP contribution >= 0.6 is 11.6 Å². The van der Waals surface area contributed by atoms with Crippen LogP contribution in [0.2, 0.25) is 5.02 Å². The number of hydrogen-bond acceptors (Lipinski definition) is 3. The highest BCUT2D eigenvalue weighted by atomic mass is 35.5. The molecule has 0 aliphatic rings. The van der Waals surface area contributed by atoms with E-state index in [-0.39, 0.29) is 5.69 Å². The summed E-state index contributed by atoms with van der Waals surface area (Å²) in [6, 6.07) is 8.78. The first-order chi connectivity index (χ1) is 11.4. The first-order valence-corrected chi connectivity index (χ1v) is 7.56. The zero-order valence-corrected chi connectivity index (χ0v) is 13.5. The van der Waals surface area contributed by atoms with E-state index in [9.17, 15) is 14.7 Å². The molecule has 0 fully saturated rings. The van der Waals surface area contributed by atoms with Gasteiger partial charge in [0.1, 0.15) is 11.3 Å². The lowest BCUT2D eigenvalue weighted by atomic mass is 10.1. The van der Waals surface area contributed by atoms with Gasteiger partial charge < -0.3 is 14.8 Å². The minimum Gasteiger partial charge on any atom is -0.479 e. The Labute approximate surface area is 142 Å². The number of carbonyl (C=O) groups excluding carboxylic acids is 1. The third-order valence-corrected chi connectivity index (χ3v) is 3.81. The summed E-state index contributed by atoms with van der Waals surface area (Å²) in [5.74, 6) is -1.72. The van der Waals surface area contributed by atoms with Crippen molar-refractivity contribution < 1.29 is 14.7 Å². The van der Waals surface area contributed by atoms with E-state index in [1.54, 1.807) is 40.9 Å². The number of halogens is 1. The molecule has 7 heteroatoms. The summed E-state index contributed by atoms with van der Waals surface area (Å²) in [5, 5.41) is 12.4. The van der Waals surface area contributed by atoms with Crippen LogP contribution in [0.15, 0.2) is 48.8 Å². The number of carboxylic acids is 1. The number of pyridine rings is 1. The van der Waals surface area contributed by atoms with Crippen molar-refractivity contribution in [2.75, 3.05) is 0 Å². The molecule has 24 heavy (non-hydrogen) atoms. The molecule has 1 amide bonds. The van der Waals surface area contributed by atoms with Crippen LogP contribution < -0.4 is 5.32 Å². The molecule has 3 rings (SSSR count). The van der Waals surface area contributed by atoms with Crippen molar-refractivity contribution in [2.45, 2.75) is 13.0 Å². The fourth-order valence-corrected chi connectivity index (χ4v) is 2.49. The summed E-state index contributed by atoms with van der Waals surface area (Å²) in [4.78, 5) is 28.1. The molecular formula is C17H14ClN3O3. The van der Waals surface area contributed by atoms with Crippen LogP contribution in [-0.4, -0.2) is 26.4 Å². The first kappa shape index (κ1) is 16.0. The van der Waals surface area contributed by atoms with Gasteiger partial charge in [0.25, 0.3) is 5.91 Å². The number of carboxylic acid groups (broad SMARTS) is 1. The lowest BCUT2D eigenvalue weighted by Crippen LogP contribution is -2.33. The van der Waals surface area contributed by atoms with Gasteiger partial charge in [0.2, 0.25) is 0 Å². The van der Waals surface area contributed by atoms with Crippen molar-refractivity contribution in [3.8, 4) is 0 Å². The van der Waals surface area contributed by atoms with Crippen LogP contribution in [0.25, 0.3) is 5.65 Å². The van der Waals surface area contributed by atoms with E-state index in [4.69, 9.17) is 11.6 Å². The molecule has 6 nitrogen and oxygen atoms in total. The number of benzene rings is 1. The number of nitrogens with one attached hydrogen (secondary N) is 1. The maximum atomic E-state index is 12.4. The van der Waals surface area contributed by atoms with Crippen LogP contribution in [0.5, 0.6) is 0 Å². The van der Waals surface area contributed by atoms with Crippen molar-refractivity contribution in [3.63, 3.8) is 0 Å². The van der Waals surface area contributed by atoms with Crippen LogP contribution in [0, 0.1) is 6.92 Å². The average molecular weight is 344 g/mol. The summed E-state index contributed by atoms with van der Waals surface area (Å²) in [6.45, 7) is 1.93. The third kappa shape index (κ3) is 3.23. The number of amides is 1. The summed E-state index contributed by atoms with van der Waals surface area (Å²) >= 11 is 5.81. The number of fused-ring (bicyclic) bond motifs is 1. The second-order valence-electron chi connectivity index (χ2n) is 5.39. The lowest BCUT2D eigenvalue weighted by molar-refractivity contribution is -0.139. The molecule has 0 radical (unpaired) electrons. The predicted molar refractivity (Wildman–Crippen MR) is 89.2 cm³/mol. The number of imidazole rings is 1. The summed E-state index contributed by atoms with van der Waals surface area (Å²) in [5.41, 5.74) is 2.22. The van der Waals surface area contributed by atoms with Crippen LogP contribution in [0.3, 0.4) is 0 Å². The van der Waals surface area contributed by atoms with Gasteiger partial charge in [-0.25, -0.2) is 9.78 Å². The molecule has 0 aliphatic heterocycles. The van der Waals surface area contributed by atoms with E-state index >= 15 is 0 Å². The molecule has 0 spiro atoms. The zero-order valence-electron chi connectivity index (χ0n) is 12.7. The number of aryl methyl sites for hydroxylation is 1. The monoisotopic (exact) mass is 343 g/mol. The zero-order chi connectivity index (χ0) is 17.3. The van der Waals surface area contributed by atoms with E-state index in [2.05, 4.69) is 10.3 Å². The van der Waals surface area contributed by atoms with Gasteiger partial charge in [-0.2, -0.15) is 0 Å². The number of carbonyl (C=O) groups is 2. The summed E-state index contributed by atoms with van der Waals surface area (Å²) in [6.07, 6.45) is 3.41. The molecule has 0 aliphatic carbocycles. The number of aliphatic carboxylic acids is 1. The molecule has 0 saturated heterocycles. The van der Waals surface area contributed by atoms with Crippen molar-refractivity contribution in [1.29, 1.82) is 0 Å². The largest absolute Gasteiger partial charge is 0.479 e. The maximum absolute atomic E-state index is 12.4. The Hall–Kier alpha value is -2.86. The Morgan fingerprint density at radius 1 is 1.17 bits per heavy atom. The van der Waals surface area contributed by atoms with Crippen molar-refractivity contribution in [3.05, 3.63) is 70.6 Å². The molecule has 2 aromatic heterocycles. The Morgan fingerprint density at radius 3 is 2.54 bits per heavy atom. The van der Waals surface area contributed by atoms with Gasteiger partial charge in [-0.15, -0.1) is 0 Å². The molecule has 2 heterocycles. The number of nitrogens with zero attached hydrogens (tertiary/aromatic N) is 2. The number of aromatic nitrogens is 2. The SMILES string of the molecule is Cc1ccc2nc(C(=O)NC(C(=O)O)c3ccc(Cl)cc3)cn2c1. The fourth-order valence-electron chi connectivity index (χ4n) is 2.36. The standard InChI is InChI=1S/C17H14ClN3O3/c1-10-2-7-14-19-13(9-21(14)8-10)16(22)20-15(17(23)24)11-3-5-12(18)6-4-11/h2-9,15H,1H3,(H,20,22)(H,23,24). The molecule has 3 aromatic rings. The predicted octanol–water partition coefficient (Wildman–Crippen LogP) is 2.85. The van der Waals surface area contributed by atoms with Crippen LogP contribution in [-0.2, 0) is 4.79 Å². The van der Waals surface area contributed by atoms with E-state index in [1.165, 1.54) is 0 Å². The topological polar surface area (TPSA) is 83.7 Å². The highest BCUT2D eigenvalue weighted by molar-refractivity contribution is 6.30. The summed E-state index contributed by atoms with van der Waals surface area (Å²) in [7, 11) is 0. The Kier molecular flexibility index (Phi) is 4.22. The van der Waals surface area contributed by atoms with E-state index in [1.807, 2.05) is 19.2 Å². The second kappa shape index (κ2) is 6.33. The van der Waals surface area contributed by atoms with Crippen molar-refractivity contribution in [1.82, 2.24) is 14.7 Å². The van der Waals surface area contributed by atoms with Crippen LogP contribution in [0.1, 0.15) is 27.7 Å². The molecular weight excluding hydrogens is 330 g/mol. The smallest absolute Gasteiger partial charge is 0.330 e. The molecule has 1 aromatic carbocycles. The Balaban J connectivity index is 1.87. The van der Waals surface area contributed by atoms with Gasteiger partial charge in [0.05, 0.1) is 0 Å². The van der Waals surface area contributed by atoms with Crippen molar-refractivity contribution in [2.24, 2.45) is 0 Å². The highest BCUT2D eigenvalue weighted by Crippen LogP contribution is 2.18. The first-order valence-electron chi connectivity index (χ1n) is 7.18. The van der Waals surface area contributed by atoms with Gasteiger partial charge >= 0.3 is 5.97 Å². The molecule has 1 atom stereocenters. The fraction of sp³-hybridized carbons (Fsp3) is 0.118. The van der Waals surface area contributed by atoms with Gasteiger partial charge in [-0.1, -0.05) is 29.8 Å². The lowest BCUT2D eigenvalue weighted by Gasteiger charge is -2.14. The van der Waals surface area contributed by atoms with E-state index in [0.717, 1.165) is 5.56 Å². The van der Waals surface area contributed by atoms with E-state index in [0.29, 0.717) is 16.2 Å². The Bertz CT molecular complexity index is 918. The van der Waals surface area contributed by atoms with Gasteiger partial charge in [0.15, 0.2) is 6.04 Å². The molecule has 0 saturated carbocycles. The van der Waals surface area contributed by atoms with Gasteiger partial charge in [0, 0.05) is 17.4 Å². The normalized spacial score (nSPS) is 12.1. The molecule has 2 N–H and O–H groups in total. The van der Waals surface area contributed by atoms with Gasteiger partial charge in [-0.05, 0) is 36.2 Å². The maximum Gasteiger partial charge on any atom is 0.330 e. The third-order valence-electron chi connectivity index (χ3n) is 3.56. The molecule has 0 bridgehead atoms. The minimum atomic E-state index is -1.18. The number of rotatable bonds is 4. The van der Waals surface area contributed by atoms with Gasteiger partial charge in [-0.3, -0.25) is 4.79 Å².